The maximum atomic E-state index is 12.4. The first-order chi connectivity index (χ1) is 11.5. The van der Waals surface area contributed by atoms with Gasteiger partial charge in [0.15, 0.2) is 5.82 Å². The average Bonchev–Trinajstić information content (AvgIpc) is 3.03. The van der Waals surface area contributed by atoms with E-state index in [4.69, 9.17) is 0 Å². The molecule has 0 aliphatic rings. The van der Waals surface area contributed by atoms with Crippen molar-refractivity contribution >= 4 is 15.8 Å². The molecule has 1 atom stereocenters. The first-order valence-corrected chi connectivity index (χ1v) is 9.20. The van der Waals surface area contributed by atoms with E-state index in [-0.39, 0.29) is 17.5 Å². The first-order valence-electron chi connectivity index (χ1n) is 7.55. The summed E-state index contributed by atoms with van der Waals surface area (Å²) in [6.45, 7) is 1.89. The number of rotatable bonds is 6. The number of H-pyrrole nitrogens is 1. The van der Waals surface area contributed by atoms with E-state index in [0.29, 0.717) is 5.69 Å². The van der Waals surface area contributed by atoms with Crippen molar-refractivity contribution in [1.82, 2.24) is 15.2 Å². The van der Waals surface area contributed by atoms with Gasteiger partial charge in [-0.3, -0.25) is 14.8 Å². The number of hydrogen-bond acceptors (Lipinski definition) is 4. The highest BCUT2D eigenvalue weighted by molar-refractivity contribution is 7.92. The van der Waals surface area contributed by atoms with Gasteiger partial charge in [0.05, 0.1) is 11.4 Å². The second-order valence-corrected chi connectivity index (χ2v) is 7.37. The highest BCUT2D eigenvalue weighted by Gasteiger charge is 2.18. The van der Waals surface area contributed by atoms with Gasteiger partial charge in [-0.05, 0) is 23.6 Å². The quantitative estimate of drug-likeness (QED) is 0.721. The van der Waals surface area contributed by atoms with Crippen LogP contribution in [0.4, 0.5) is 5.82 Å². The van der Waals surface area contributed by atoms with E-state index >= 15 is 0 Å². The Balaban J connectivity index is 1.70. The summed E-state index contributed by atoms with van der Waals surface area (Å²) in [4.78, 5) is 4.03. The van der Waals surface area contributed by atoms with E-state index in [9.17, 15) is 8.42 Å². The summed E-state index contributed by atoms with van der Waals surface area (Å²) in [5, 5.41) is 6.83. The number of benzene rings is 1. The normalized spacial score (nSPS) is 12.7. The lowest BCUT2D eigenvalue weighted by atomic mass is 10.0. The number of aromatic amines is 1. The van der Waals surface area contributed by atoms with Gasteiger partial charge < -0.3 is 0 Å². The van der Waals surface area contributed by atoms with E-state index in [1.807, 2.05) is 49.4 Å². The van der Waals surface area contributed by atoms with Crippen LogP contribution in [-0.2, 0) is 10.0 Å². The van der Waals surface area contributed by atoms with Crippen molar-refractivity contribution in [2.75, 3.05) is 10.5 Å². The largest absolute Gasteiger partial charge is 0.276 e. The summed E-state index contributed by atoms with van der Waals surface area (Å²) in [5.74, 6) is 0.154. The Kier molecular flexibility index (Phi) is 4.61. The zero-order valence-electron chi connectivity index (χ0n) is 13.2. The Morgan fingerprint density at radius 3 is 2.67 bits per heavy atom. The highest BCUT2D eigenvalue weighted by Crippen LogP contribution is 2.21. The lowest BCUT2D eigenvalue weighted by molar-refractivity contribution is 0.595. The van der Waals surface area contributed by atoms with Crippen LogP contribution in [0.3, 0.4) is 0 Å². The van der Waals surface area contributed by atoms with Crippen LogP contribution in [0.25, 0.3) is 11.3 Å². The molecule has 0 amide bonds. The molecule has 0 saturated carbocycles. The van der Waals surface area contributed by atoms with E-state index < -0.39 is 10.0 Å². The minimum atomic E-state index is -3.50. The molecule has 0 radical (unpaired) electrons. The summed E-state index contributed by atoms with van der Waals surface area (Å²) < 4.78 is 27.2. The highest BCUT2D eigenvalue weighted by atomic mass is 32.2. The fourth-order valence-corrected chi connectivity index (χ4v) is 3.81. The molecule has 3 aromatic rings. The lowest BCUT2D eigenvalue weighted by Crippen LogP contribution is -2.20. The van der Waals surface area contributed by atoms with Gasteiger partial charge in [0.1, 0.15) is 0 Å². The maximum Gasteiger partial charge on any atom is 0.234 e. The van der Waals surface area contributed by atoms with E-state index in [0.717, 1.165) is 11.1 Å². The zero-order valence-corrected chi connectivity index (χ0v) is 14.0. The Morgan fingerprint density at radius 2 is 1.96 bits per heavy atom. The third kappa shape index (κ3) is 3.99. The molecule has 0 spiro atoms. The second-order valence-electron chi connectivity index (χ2n) is 5.60. The molecule has 0 aliphatic heterocycles. The monoisotopic (exact) mass is 342 g/mol. The molecule has 0 fully saturated rings. The molecule has 0 unspecified atom stereocenters. The molecule has 2 N–H and O–H groups in total. The summed E-state index contributed by atoms with van der Waals surface area (Å²) in [5.41, 5.74) is 2.53. The minimum absolute atomic E-state index is 0.00784. The standard InChI is InChI=1S/C17H18N4O2S/c1-13(14-6-3-2-4-7-14)12-24(22,23)21-17-10-16(19-20-17)15-8-5-9-18-11-15/h2-11,13H,12H2,1H3,(H2,19,20,21)/t13-/m1/s1. The molecule has 3 rings (SSSR count). The van der Waals surface area contributed by atoms with E-state index in [1.165, 1.54) is 0 Å². The van der Waals surface area contributed by atoms with E-state index in [2.05, 4.69) is 19.9 Å². The Morgan fingerprint density at radius 1 is 1.17 bits per heavy atom. The third-order valence-corrected chi connectivity index (χ3v) is 5.11. The molecule has 2 aromatic heterocycles. The number of hydrogen-bond donors (Lipinski definition) is 2. The molecular formula is C17H18N4O2S. The number of aromatic nitrogens is 3. The second kappa shape index (κ2) is 6.84. The number of nitrogens with zero attached hydrogens (tertiary/aromatic N) is 2. The fourth-order valence-electron chi connectivity index (χ4n) is 2.45. The van der Waals surface area contributed by atoms with Gasteiger partial charge in [0.25, 0.3) is 0 Å². The van der Waals surface area contributed by atoms with Crippen LogP contribution < -0.4 is 4.72 Å². The minimum Gasteiger partial charge on any atom is -0.276 e. The Bertz CT molecular complexity index is 893. The van der Waals surface area contributed by atoms with Crippen LogP contribution in [0, 0.1) is 0 Å². The Hall–Kier alpha value is -2.67. The van der Waals surface area contributed by atoms with Crippen LogP contribution in [-0.4, -0.2) is 29.4 Å². The molecule has 2 heterocycles. The predicted octanol–water partition coefficient (Wildman–Crippen LogP) is 3.02. The van der Waals surface area contributed by atoms with Crippen molar-refractivity contribution < 1.29 is 8.42 Å². The molecule has 6 nitrogen and oxygen atoms in total. The van der Waals surface area contributed by atoms with Crippen molar-refractivity contribution in [3.05, 3.63) is 66.5 Å². The number of nitrogens with one attached hydrogen (secondary N) is 2. The molecule has 24 heavy (non-hydrogen) atoms. The van der Waals surface area contributed by atoms with Crippen LogP contribution in [0.1, 0.15) is 18.4 Å². The van der Waals surface area contributed by atoms with Gasteiger partial charge in [-0.25, -0.2) is 8.42 Å². The van der Waals surface area contributed by atoms with Gasteiger partial charge in [-0.2, -0.15) is 5.10 Å². The van der Waals surface area contributed by atoms with Crippen LogP contribution in [0.5, 0.6) is 0 Å². The number of anilines is 1. The molecule has 7 heteroatoms. The van der Waals surface area contributed by atoms with Gasteiger partial charge in [-0.1, -0.05) is 37.3 Å². The molecule has 1 aromatic carbocycles. The number of pyridine rings is 1. The number of sulfonamides is 1. The van der Waals surface area contributed by atoms with Gasteiger partial charge >= 0.3 is 0 Å². The molecule has 0 saturated heterocycles. The van der Waals surface area contributed by atoms with Crippen molar-refractivity contribution in [3.8, 4) is 11.3 Å². The van der Waals surface area contributed by atoms with Crippen molar-refractivity contribution in [2.24, 2.45) is 0 Å². The van der Waals surface area contributed by atoms with Crippen molar-refractivity contribution in [3.63, 3.8) is 0 Å². The SMILES string of the molecule is C[C@H](CS(=O)(=O)Nc1cc(-c2cccnc2)[nH]n1)c1ccccc1. The van der Waals surface area contributed by atoms with E-state index in [1.54, 1.807) is 18.5 Å². The first kappa shape index (κ1) is 16.2. The molecule has 0 aliphatic carbocycles. The topological polar surface area (TPSA) is 87.7 Å². The summed E-state index contributed by atoms with van der Waals surface area (Å²) in [7, 11) is -3.50. The Labute approximate surface area is 141 Å². The van der Waals surface area contributed by atoms with Crippen molar-refractivity contribution in [1.29, 1.82) is 0 Å². The summed E-state index contributed by atoms with van der Waals surface area (Å²) >= 11 is 0. The summed E-state index contributed by atoms with van der Waals surface area (Å²) in [6.07, 6.45) is 3.36. The van der Waals surface area contributed by atoms with Crippen LogP contribution in [0.15, 0.2) is 60.9 Å². The average molecular weight is 342 g/mol. The predicted molar refractivity (Wildman–Crippen MR) is 94.1 cm³/mol. The van der Waals surface area contributed by atoms with Crippen LogP contribution in [0.2, 0.25) is 0 Å². The maximum absolute atomic E-state index is 12.4. The van der Waals surface area contributed by atoms with Gasteiger partial charge in [0, 0.05) is 24.0 Å². The lowest BCUT2D eigenvalue weighted by Gasteiger charge is -2.12. The third-order valence-electron chi connectivity index (χ3n) is 3.65. The molecule has 124 valence electrons. The summed E-state index contributed by atoms with van der Waals surface area (Å²) in [6, 6.07) is 14.9. The zero-order chi connectivity index (χ0) is 17.0. The van der Waals surface area contributed by atoms with Gasteiger partial charge in [0.2, 0.25) is 10.0 Å². The molecular weight excluding hydrogens is 324 g/mol. The fraction of sp³-hybridized carbons (Fsp3) is 0.176. The van der Waals surface area contributed by atoms with Crippen molar-refractivity contribution in [2.45, 2.75) is 12.8 Å². The van der Waals surface area contributed by atoms with Crippen LogP contribution >= 0.6 is 0 Å². The van der Waals surface area contributed by atoms with Gasteiger partial charge in [-0.15, -0.1) is 0 Å². The molecule has 0 bridgehead atoms. The smallest absolute Gasteiger partial charge is 0.234 e.